The van der Waals surface area contributed by atoms with E-state index in [0.717, 1.165) is 0 Å². The number of rotatable bonds is 13. The Hall–Kier alpha value is -1.30. The Morgan fingerprint density at radius 1 is 1.06 bits per heavy atom. The topological polar surface area (TPSA) is 90.9 Å². The lowest BCUT2D eigenvalue weighted by Gasteiger charge is -2.47. The molecule has 7 nitrogen and oxygen atoms in total. The van der Waals surface area contributed by atoms with Gasteiger partial charge in [0.25, 0.3) is 0 Å². The van der Waals surface area contributed by atoms with E-state index in [4.69, 9.17) is 13.6 Å². The van der Waals surface area contributed by atoms with E-state index < -0.39 is 40.5 Å². The van der Waals surface area contributed by atoms with Crippen LogP contribution in [0.25, 0.3) is 0 Å². The third-order valence-electron chi connectivity index (χ3n) is 8.02. The minimum absolute atomic E-state index is 0.00187. The first-order chi connectivity index (χ1) is 15.7. The van der Waals surface area contributed by atoms with Gasteiger partial charge in [0.1, 0.15) is 18.8 Å². The number of hydrogen-bond donors (Lipinski definition) is 1. The van der Waals surface area contributed by atoms with Gasteiger partial charge >= 0.3 is 5.97 Å². The lowest BCUT2D eigenvalue weighted by Crippen LogP contribution is -2.67. The number of esters is 1. The zero-order valence-corrected chi connectivity index (χ0v) is 25.9. The van der Waals surface area contributed by atoms with E-state index in [1.54, 1.807) is 0 Å². The fourth-order valence-electron chi connectivity index (χ4n) is 3.66. The molecule has 0 aromatic rings. The Labute approximate surface area is 215 Å². The first-order valence-electron chi connectivity index (χ1n) is 12.7. The standard InChI is InChI=1S/C26H49NO6Si2/c1-13-15-31-21(29)17-20(28)19(14-16-32-34(9,10)25(3,4)5)23-22(24(30)27-23)18(2)33-35(11,12)26(6,7)8/h13,18-19,22-23H,1,14-17H2,2-12H3,(H,27,30)/t18-,19+,22-,23-/m1/s1. The van der Waals surface area contributed by atoms with Gasteiger partial charge in [0.15, 0.2) is 16.6 Å². The smallest absolute Gasteiger partial charge is 0.313 e. The second kappa shape index (κ2) is 11.8. The molecule has 1 heterocycles. The summed E-state index contributed by atoms with van der Waals surface area (Å²) in [6.07, 6.45) is 1.22. The van der Waals surface area contributed by atoms with Gasteiger partial charge < -0.3 is 18.9 Å². The molecule has 1 aliphatic heterocycles. The SMILES string of the molecule is C=CCOC(=O)CC(=O)[C@H](CCO[Si](C)(C)C(C)(C)C)[C@H]1NC(=O)[C@@H]1[C@@H](C)O[Si](C)(C)C(C)(C)C. The summed E-state index contributed by atoms with van der Waals surface area (Å²) in [5.74, 6) is -1.94. The Morgan fingerprint density at radius 3 is 2.06 bits per heavy atom. The monoisotopic (exact) mass is 527 g/mol. The Morgan fingerprint density at radius 2 is 1.60 bits per heavy atom. The highest BCUT2D eigenvalue weighted by atomic mass is 28.4. The van der Waals surface area contributed by atoms with E-state index >= 15 is 0 Å². The van der Waals surface area contributed by atoms with Gasteiger partial charge in [0.2, 0.25) is 5.91 Å². The van der Waals surface area contributed by atoms with Crippen LogP contribution in [0.4, 0.5) is 0 Å². The molecule has 0 aromatic heterocycles. The molecule has 0 spiro atoms. The Bertz CT molecular complexity index is 782. The summed E-state index contributed by atoms with van der Waals surface area (Å²) in [6, 6.07) is -0.398. The summed E-state index contributed by atoms with van der Waals surface area (Å²) in [7, 11) is -4.12. The number of nitrogens with one attached hydrogen (secondary N) is 1. The van der Waals surface area contributed by atoms with Crippen LogP contribution in [0.15, 0.2) is 12.7 Å². The summed E-state index contributed by atoms with van der Waals surface area (Å²) in [4.78, 5) is 38.1. The highest BCUT2D eigenvalue weighted by Crippen LogP contribution is 2.40. The van der Waals surface area contributed by atoms with E-state index in [1.807, 2.05) is 6.92 Å². The summed E-state index contributed by atoms with van der Waals surface area (Å²) in [5.41, 5.74) is 0. The lowest BCUT2D eigenvalue weighted by atomic mass is 9.75. The highest BCUT2D eigenvalue weighted by molar-refractivity contribution is 6.74. The highest BCUT2D eigenvalue weighted by Gasteiger charge is 2.51. The fraction of sp³-hybridized carbons (Fsp3) is 0.808. The third kappa shape index (κ3) is 8.37. The average Bonchev–Trinajstić information content (AvgIpc) is 2.65. The number of hydrogen-bond acceptors (Lipinski definition) is 6. The molecule has 1 amide bonds. The van der Waals surface area contributed by atoms with Gasteiger partial charge in [-0.25, -0.2) is 0 Å². The molecule has 1 aliphatic rings. The molecule has 35 heavy (non-hydrogen) atoms. The quantitative estimate of drug-likeness (QED) is 0.116. The van der Waals surface area contributed by atoms with Gasteiger partial charge in [0.05, 0.1) is 18.1 Å². The minimum Gasteiger partial charge on any atom is -0.461 e. The van der Waals surface area contributed by atoms with Crippen LogP contribution in [-0.4, -0.2) is 59.7 Å². The van der Waals surface area contributed by atoms with Crippen molar-refractivity contribution in [3.63, 3.8) is 0 Å². The van der Waals surface area contributed by atoms with Crippen LogP contribution in [0.3, 0.4) is 0 Å². The van der Waals surface area contributed by atoms with Crippen molar-refractivity contribution in [3.05, 3.63) is 12.7 Å². The fourth-order valence-corrected chi connectivity index (χ4v) is 6.15. The van der Waals surface area contributed by atoms with Crippen LogP contribution in [0.2, 0.25) is 36.3 Å². The second-order valence-electron chi connectivity index (χ2n) is 12.8. The van der Waals surface area contributed by atoms with Gasteiger partial charge in [-0.15, -0.1) is 0 Å². The third-order valence-corrected chi connectivity index (χ3v) is 17.1. The number of ether oxygens (including phenoxy) is 1. The van der Waals surface area contributed by atoms with E-state index in [-0.39, 0.29) is 40.9 Å². The second-order valence-corrected chi connectivity index (χ2v) is 22.3. The van der Waals surface area contributed by atoms with Gasteiger partial charge in [-0.2, -0.15) is 0 Å². The predicted octanol–water partition coefficient (Wildman–Crippen LogP) is 5.23. The van der Waals surface area contributed by atoms with Crippen LogP contribution in [0, 0.1) is 11.8 Å². The number of Topliss-reactive ketones (excluding diaryl/α,β-unsaturated/α-hetero) is 1. The van der Waals surface area contributed by atoms with Crippen LogP contribution < -0.4 is 5.32 Å². The molecule has 0 aromatic carbocycles. The molecule has 1 N–H and O–H groups in total. The zero-order chi connectivity index (χ0) is 27.4. The summed E-state index contributed by atoms with van der Waals surface area (Å²) < 4.78 is 17.9. The van der Waals surface area contributed by atoms with Crippen molar-refractivity contribution in [2.45, 2.75) is 110 Å². The number of carbonyl (C=O) groups excluding carboxylic acids is 3. The molecule has 9 heteroatoms. The van der Waals surface area contributed by atoms with E-state index in [2.05, 4.69) is 79.6 Å². The molecule has 4 atom stereocenters. The molecule has 202 valence electrons. The summed E-state index contributed by atoms with van der Waals surface area (Å²) in [6.45, 7) is 27.5. The van der Waals surface area contributed by atoms with Crippen molar-refractivity contribution in [2.24, 2.45) is 11.8 Å². The average molecular weight is 528 g/mol. The van der Waals surface area contributed by atoms with Crippen molar-refractivity contribution >= 4 is 34.3 Å². The zero-order valence-electron chi connectivity index (χ0n) is 23.9. The predicted molar refractivity (Wildman–Crippen MR) is 145 cm³/mol. The minimum atomic E-state index is -2.11. The summed E-state index contributed by atoms with van der Waals surface area (Å²) >= 11 is 0. The molecule has 1 fully saturated rings. The molecule has 0 aliphatic carbocycles. The van der Waals surface area contributed by atoms with Gasteiger partial charge in [-0.3, -0.25) is 14.4 Å². The van der Waals surface area contributed by atoms with E-state index in [0.29, 0.717) is 13.0 Å². The maximum atomic E-state index is 13.3. The number of ketones is 1. The van der Waals surface area contributed by atoms with Crippen molar-refractivity contribution in [1.82, 2.24) is 5.32 Å². The maximum Gasteiger partial charge on any atom is 0.313 e. The lowest BCUT2D eigenvalue weighted by molar-refractivity contribution is -0.148. The van der Waals surface area contributed by atoms with Crippen molar-refractivity contribution in [1.29, 1.82) is 0 Å². The number of amides is 1. The van der Waals surface area contributed by atoms with E-state index in [1.165, 1.54) is 6.08 Å². The van der Waals surface area contributed by atoms with E-state index in [9.17, 15) is 14.4 Å². The van der Waals surface area contributed by atoms with Crippen molar-refractivity contribution < 1.29 is 28.0 Å². The first kappa shape index (κ1) is 31.7. The molecular weight excluding hydrogens is 478 g/mol. The molecule has 1 saturated heterocycles. The number of carbonyl (C=O) groups is 3. The molecular formula is C26H49NO6Si2. The van der Waals surface area contributed by atoms with Gasteiger partial charge in [0, 0.05) is 12.5 Å². The molecule has 0 bridgehead atoms. The van der Waals surface area contributed by atoms with Crippen LogP contribution in [0.5, 0.6) is 0 Å². The van der Waals surface area contributed by atoms with Crippen LogP contribution in [0.1, 0.15) is 61.3 Å². The molecule has 0 radical (unpaired) electrons. The van der Waals surface area contributed by atoms with Gasteiger partial charge in [-0.05, 0) is 49.6 Å². The van der Waals surface area contributed by atoms with Crippen molar-refractivity contribution in [2.75, 3.05) is 13.2 Å². The van der Waals surface area contributed by atoms with Crippen molar-refractivity contribution in [3.8, 4) is 0 Å². The van der Waals surface area contributed by atoms with Crippen LogP contribution >= 0.6 is 0 Å². The number of β-lactam (4-membered cyclic amide) rings is 1. The Balaban J connectivity index is 3.07. The molecule has 0 unspecified atom stereocenters. The first-order valence-corrected chi connectivity index (χ1v) is 18.5. The van der Waals surface area contributed by atoms with Crippen LogP contribution in [-0.2, 0) is 28.0 Å². The maximum absolute atomic E-state index is 13.3. The Kier molecular flexibility index (Phi) is 10.7. The largest absolute Gasteiger partial charge is 0.461 e. The van der Waals surface area contributed by atoms with Gasteiger partial charge in [-0.1, -0.05) is 54.2 Å². The molecule has 1 rings (SSSR count). The molecule has 0 saturated carbocycles. The normalized spacial score (nSPS) is 20.9. The summed E-state index contributed by atoms with van der Waals surface area (Å²) in [5, 5.41) is 2.98.